The van der Waals surface area contributed by atoms with Gasteiger partial charge in [0.15, 0.2) is 0 Å². The summed E-state index contributed by atoms with van der Waals surface area (Å²) in [5.74, 6) is 0.364. The van der Waals surface area contributed by atoms with E-state index in [1.165, 1.54) is 0 Å². The maximum Gasteiger partial charge on any atom is 0.330 e. The lowest BCUT2D eigenvalue weighted by atomic mass is 9.69. The van der Waals surface area contributed by atoms with Gasteiger partial charge in [-0.3, -0.25) is 0 Å². The van der Waals surface area contributed by atoms with Crippen molar-refractivity contribution in [1.29, 1.82) is 0 Å². The number of aliphatic hydroxyl groups is 1. The third-order valence-corrected chi connectivity index (χ3v) is 4.78. The van der Waals surface area contributed by atoms with Crippen LogP contribution in [0.25, 0.3) is 0 Å². The minimum atomic E-state index is -0.983. The quantitative estimate of drug-likeness (QED) is 0.604. The number of allylic oxidation sites excluding steroid dienone is 1. The fourth-order valence-electron chi connectivity index (χ4n) is 3.64. The van der Waals surface area contributed by atoms with Crippen LogP contribution in [0.3, 0.4) is 0 Å². The zero-order chi connectivity index (χ0) is 18.4. The SMILES string of the molecule is CCOC(=O)/C=C1/CCC(O)(c2ccccc2OC)C(CN(C)C)C1.Cl. The van der Waals surface area contributed by atoms with E-state index in [2.05, 4.69) is 4.90 Å². The van der Waals surface area contributed by atoms with Crippen molar-refractivity contribution in [3.8, 4) is 5.75 Å². The highest BCUT2D eigenvalue weighted by molar-refractivity contribution is 5.85. The highest BCUT2D eigenvalue weighted by Gasteiger charge is 2.43. The number of carbonyl (C=O) groups excluding carboxylic acids is 1. The minimum Gasteiger partial charge on any atom is -0.496 e. The molecule has 1 aliphatic carbocycles. The maximum absolute atomic E-state index is 11.8. The number of hydrogen-bond acceptors (Lipinski definition) is 5. The van der Waals surface area contributed by atoms with Gasteiger partial charge in [0, 0.05) is 24.1 Å². The molecular formula is C20H30ClNO4. The molecule has 0 amide bonds. The van der Waals surface area contributed by atoms with Gasteiger partial charge < -0.3 is 19.5 Å². The van der Waals surface area contributed by atoms with Crippen LogP contribution in [-0.2, 0) is 15.1 Å². The first-order valence-electron chi connectivity index (χ1n) is 8.77. The molecule has 0 spiro atoms. The van der Waals surface area contributed by atoms with Crippen molar-refractivity contribution in [2.75, 3.05) is 34.4 Å². The van der Waals surface area contributed by atoms with Crippen molar-refractivity contribution in [3.63, 3.8) is 0 Å². The summed E-state index contributed by atoms with van der Waals surface area (Å²) >= 11 is 0. The third-order valence-electron chi connectivity index (χ3n) is 4.78. The molecule has 1 aliphatic rings. The molecule has 0 aliphatic heterocycles. The van der Waals surface area contributed by atoms with Crippen LogP contribution in [-0.4, -0.2) is 50.3 Å². The van der Waals surface area contributed by atoms with Gasteiger partial charge in [0.2, 0.25) is 0 Å². The van der Waals surface area contributed by atoms with Gasteiger partial charge in [0.25, 0.3) is 0 Å². The fourth-order valence-corrected chi connectivity index (χ4v) is 3.64. The second-order valence-electron chi connectivity index (χ2n) is 6.84. The number of halogens is 1. The van der Waals surface area contributed by atoms with E-state index in [1.807, 2.05) is 38.4 Å². The number of benzene rings is 1. The molecule has 1 saturated carbocycles. The molecule has 0 bridgehead atoms. The molecule has 2 atom stereocenters. The summed E-state index contributed by atoms with van der Waals surface area (Å²) in [7, 11) is 5.61. The van der Waals surface area contributed by atoms with Gasteiger partial charge in [-0.15, -0.1) is 12.4 Å². The monoisotopic (exact) mass is 383 g/mol. The third kappa shape index (κ3) is 5.22. The molecule has 0 saturated heterocycles. The van der Waals surface area contributed by atoms with Gasteiger partial charge in [-0.1, -0.05) is 23.8 Å². The number of methoxy groups -OCH3 is 1. The normalized spacial score (nSPS) is 24.2. The smallest absolute Gasteiger partial charge is 0.330 e. The van der Waals surface area contributed by atoms with Crippen LogP contribution in [0.15, 0.2) is 35.9 Å². The molecule has 2 unspecified atom stereocenters. The van der Waals surface area contributed by atoms with Crippen molar-refractivity contribution >= 4 is 18.4 Å². The molecule has 0 heterocycles. The van der Waals surface area contributed by atoms with E-state index in [9.17, 15) is 9.90 Å². The van der Waals surface area contributed by atoms with Crippen LogP contribution in [0.2, 0.25) is 0 Å². The highest BCUT2D eigenvalue weighted by Crippen LogP contribution is 2.46. The molecule has 1 aromatic rings. The van der Waals surface area contributed by atoms with Crippen molar-refractivity contribution in [1.82, 2.24) is 4.90 Å². The average Bonchev–Trinajstić information content (AvgIpc) is 2.57. The van der Waals surface area contributed by atoms with Gasteiger partial charge in [-0.25, -0.2) is 4.79 Å². The molecule has 0 radical (unpaired) electrons. The predicted octanol–water partition coefficient (Wildman–Crippen LogP) is 3.16. The number of hydrogen-bond donors (Lipinski definition) is 1. The second-order valence-corrected chi connectivity index (χ2v) is 6.84. The van der Waals surface area contributed by atoms with E-state index in [-0.39, 0.29) is 24.3 Å². The van der Waals surface area contributed by atoms with Gasteiger partial charge in [0.1, 0.15) is 5.75 Å². The van der Waals surface area contributed by atoms with Gasteiger partial charge in [-0.2, -0.15) is 0 Å². The number of esters is 1. The molecule has 146 valence electrons. The summed E-state index contributed by atoms with van der Waals surface area (Å²) < 4.78 is 10.5. The van der Waals surface area contributed by atoms with E-state index in [4.69, 9.17) is 9.47 Å². The summed E-state index contributed by atoms with van der Waals surface area (Å²) in [6, 6.07) is 7.64. The Morgan fingerprint density at radius 3 is 2.69 bits per heavy atom. The van der Waals surface area contributed by atoms with Crippen LogP contribution >= 0.6 is 12.4 Å². The van der Waals surface area contributed by atoms with Crippen LogP contribution in [0.4, 0.5) is 0 Å². The lowest BCUT2D eigenvalue weighted by molar-refractivity contribution is -0.137. The maximum atomic E-state index is 11.8. The molecule has 0 aromatic heterocycles. The second kappa shape index (κ2) is 9.95. The molecular weight excluding hydrogens is 354 g/mol. The van der Waals surface area contributed by atoms with Gasteiger partial charge in [0.05, 0.1) is 19.3 Å². The molecule has 26 heavy (non-hydrogen) atoms. The van der Waals surface area contributed by atoms with Crippen molar-refractivity contribution < 1.29 is 19.4 Å². The van der Waals surface area contributed by atoms with E-state index in [1.54, 1.807) is 20.1 Å². The minimum absolute atomic E-state index is 0. The van der Waals surface area contributed by atoms with Gasteiger partial charge in [-0.05, 0) is 46.3 Å². The van der Waals surface area contributed by atoms with Gasteiger partial charge >= 0.3 is 5.97 Å². The first-order valence-corrected chi connectivity index (χ1v) is 8.77. The van der Waals surface area contributed by atoms with Crippen LogP contribution in [0.1, 0.15) is 31.7 Å². The van der Waals surface area contributed by atoms with Crippen molar-refractivity contribution in [2.45, 2.75) is 31.8 Å². The van der Waals surface area contributed by atoms with E-state index < -0.39 is 5.60 Å². The van der Waals surface area contributed by atoms with Crippen LogP contribution in [0, 0.1) is 5.92 Å². The summed E-state index contributed by atoms with van der Waals surface area (Å²) in [6.07, 6.45) is 3.47. The molecule has 2 rings (SSSR count). The largest absolute Gasteiger partial charge is 0.496 e. The van der Waals surface area contributed by atoms with Crippen LogP contribution < -0.4 is 4.74 Å². The number of ether oxygens (including phenoxy) is 2. The summed E-state index contributed by atoms with van der Waals surface area (Å²) in [5.41, 5.74) is 0.868. The first kappa shape index (κ1) is 22.5. The summed E-state index contributed by atoms with van der Waals surface area (Å²) in [5, 5.41) is 11.6. The Morgan fingerprint density at radius 2 is 2.08 bits per heavy atom. The summed E-state index contributed by atoms with van der Waals surface area (Å²) in [6.45, 7) is 2.89. The Kier molecular flexibility index (Phi) is 8.60. The van der Waals surface area contributed by atoms with E-state index in [0.29, 0.717) is 38.2 Å². The Hall–Kier alpha value is -1.56. The highest BCUT2D eigenvalue weighted by atomic mass is 35.5. The van der Waals surface area contributed by atoms with Crippen molar-refractivity contribution in [2.24, 2.45) is 5.92 Å². The zero-order valence-electron chi connectivity index (χ0n) is 16.0. The molecule has 1 aromatic carbocycles. The van der Waals surface area contributed by atoms with Crippen molar-refractivity contribution in [3.05, 3.63) is 41.5 Å². The number of para-hydroxylation sites is 1. The standard InChI is InChI=1S/C20H29NO4.ClH/c1-5-25-19(22)13-15-10-11-20(23,16(12-15)14-21(2)3)17-8-6-7-9-18(17)24-4;/h6-9,13,16,23H,5,10-12,14H2,1-4H3;1H/b15-13-;. The summed E-state index contributed by atoms with van der Waals surface area (Å²) in [4.78, 5) is 13.8. The van der Waals surface area contributed by atoms with E-state index in [0.717, 1.165) is 11.1 Å². The number of carbonyl (C=O) groups is 1. The lowest BCUT2D eigenvalue weighted by Crippen LogP contribution is -2.43. The van der Waals surface area contributed by atoms with Crippen LogP contribution in [0.5, 0.6) is 5.75 Å². The Labute approximate surface area is 162 Å². The average molecular weight is 384 g/mol. The van der Waals surface area contributed by atoms with E-state index >= 15 is 0 Å². The lowest BCUT2D eigenvalue weighted by Gasteiger charge is -2.43. The first-order chi connectivity index (χ1) is 11.9. The molecule has 1 N–H and O–H groups in total. The number of nitrogens with zero attached hydrogens (tertiary/aromatic N) is 1. The predicted molar refractivity (Wildman–Crippen MR) is 105 cm³/mol. The number of rotatable bonds is 6. The zero-order valence-corrected chi connectivity index (χ0v) is 16.8. The Bertz CT molecular complexity index is 632. The topological polar surface area (TPSA) is 59.0 Å². The Morgan fingerprint density at radius 1 is 1.38 bits per heavy atom. The Balaban J connectivity index is 0.00000338. The fraction of sp³-hybridized carbons (Fsp3) is 0.550. The molecule has 6 heteroatoms. The molecule has 5 nitrogen and oxygen atoms in total. The molecule has 1 fully saturated rings.